The summed E-state index contributed by atoms with van der Waals surface area (Å²) in [5, 5.41) is 6.53. The van der Waals surface area contributed by atoms with Gasteiger partial charge in [0.05, 0.1) is 4.90 Å². The highest BCUT2D eigenvalue weighted by atomic mass is 32.2. The van der Waals surface area contributed by atoms with Crippen LogP contribution in [0.25, 0.3) is 0 Å². The van der Waals surface area contributed by atoms with Crippen molar-refractivity contribution in [3.8, 4) is 0 Å². The van der Waals surface area contributed by atoms with Crippen LogP contribution in [0.3, 0.4) is 0 Å². The summed E-state index contributed by atoms with van der Waals surface area (Å²) in [4.78, 5) is 13.0. The second-order valence-electron chi connectivity index (χ2n) is 8.03. The van der Waals surface area contributed by atoms with Crippen molar-refractivity contribution in [3.05, 3.63) is 29.3 Å². The summed E-state index contributed by atoms with van der Waals surface area (Å²) in [5.74, 6) is 0.405. The second kappa shape index (κ2) is 8.29. The Morgan fingerprint density at radius 2 is 1.89 bits per heavy atom. The largest absolute Gasteiger partial charge is 0.353 e. The van der Waals surface area contributed by atoms with Crippen molar-refractivity contribution in [2.75, 3.05) is 26.2 Å². The topological polar surface area (TPSA) is 78.5 Å². The molecule has 3 rings (SSSR count). The molecular weight excluding hydrogens is 362 g/mol. The van der Waals surface area contributed by atoms with Crippen molar-refractivity contribution in [2.45, 2.75) is 51.0 Å². The van der Waals surface area contributed by atoms with Gasteiger partial charge in [-0.2, -0.15) is 4.31 Å². The van der Waals surface area contributed by atoms with E-state index in [-0.39, 0.29) is 17.9 Å². The number of rotatable bonds is 4. The number of piperidine rings is 2. The van der Waals surface area contributed by atoms with Gasteiger partial charge in [-0.15, -0.1) is 0 Å². The third-order valence-corrected chi connectivity index (χ3v) is 7.94. The van der Waals surface area contributed by atoms with Crippen LogP contribution in [-0.2, 0) is 14.8 Å². The van der Waals surface area contributed by atoms with Crippen molar-refractivity contribution in [3.63, 3.8) is 0 Å². The smallest absolute Gasteiger partial charge is 0.243 e. The summed E-state index contributed by atoms with van der Waals surface area (Å²) in [6, 6.07) is 5.64. The summed E-state index contributed by atoms with van der Waals surface area (Å²) in [6.45, 7) is 8.59. The van der Waals surface area contributed by atoms with Crippen molar-refractivity contribution < 1.29 is 13.2 Å². The van der Waals surface area contributed by atoms with E-state index in [2.05, 4.69) is 17.6 Å². The first-order valence-electron chi connectivity index (χ1n) is 9.87. The Morgan fingerprint density at radius 3 is 2.52 bits per heavy atom. The average molecular weight is 394 g/mol. The van der Waals surface area contributed by atoms with Crippen molar-refractivity contribution >= 4 is 15.9 Å². The van der Waals surface area contributed by atoms with Crippen molar-refractivity contribution in [1.29, 1.82) is 0 Å². The Kier molecular flexibility index (Phi) is 6.23. The number of hydrogen-bond donors (Lipinski definition) is 2. The van der Waals surface area contributed by atoms with E-state index in [9.17, 15) is 13.2 Å². The molecule has 0 spiro atoms. The SMILES string of the molecule is Cc1ccc(S(=O)(=O)N2CCC(C(=O)NC3CCNCC3C)CC2)c(C)c1. The molecule has 1 amide bonds. The molecule has 2 fully saturated rings. The Balaban J connectivity index is 1.60. The van der Waals surface area contributed by atoms with Crippen LogP contribution in [0.15, 0.2) is 23.1 Å². The average Bonchev–Trinajstić information content (AvgIpc) is 2.63. The first-order chi connectivity index (χ1) is 12.8. The number of carbonyl (C=O) groups is 1. The zero-order chi connectivity index (χ0) is 19.6. The summed E-state index contributed by atoms with van der Waals surface area (Å²) in [5.41, 5.74) is 1.82. The molecule has 2 aliphatic heterocycles. The van der Waals surface area contributed by atoms with E-state index in [1.165, 1.54) is 4.31 Å². The van der Waals surface area contributed by atoms with Gasteiger partial charge in [-0.05, 0) is 63.7 Å². The van der Waals surface area contributed by atoms with Gasteiger partial charge >= 0.3 is 0 Å². The molecule has 2 heterocycles. The van der Waals surface area contributed by atoms with Crippen LogP contribution in [0.5, 0.6) is 0 Å². The first-order valence-corrected chi connectivity index (χ1v) is 11.3. The molecule has 7 heteroatoms. The van der Waals surface area contributed by atoms with Gasteiger partial charge in [-0.3, -0.25) is 4.79 Å². The fourth-order valence-electron chi connectivity index (χ4n) is 4.12. The van der Waals surface area contributed by atoms with E-state index in [0.29, 0.717) is 36.7 Å². The number of nitrogens with one attached hydrogen (secondary N) is 2. The molecule has 0 radical (unpaired) electrons. The van der Waals surface area contributed by atoms with E-state index in [0.717, 1.165) is 30.6 Å². The van der Waals surface area contributed by atoms with Gasteiger partial charge in [0.1, 0.15) is 0 Å². The molecule has 2 aliphatic rings. The molecular formula is C20H31N3O3S. The Morgan fingerprint density at radius 1 is 1.19 bits per heavy atom. The van der Waals surface area contributed by atoms with Gasteiger partial charge < -0.3 is 10.6 Å². The van der Waals surface area contributed by atoms with E-state index >= 15 is 0 Å². The zero-order valence-electron chi connectivity index (χ0n) is 16.5. The summed E-state index contributed by atoms with van der Waals surface area (Å²) in [6.07, 6.45) is 2.11. The van der Waals surface area contributed by atoms with E-state index in [1.54, 1.807) is 6.07 Å². The lowest BCUT2D eigenvalue weighted by atomic mass is 9.92. The highest BCUT2D eigenvalue weighted by Crippen LogP contribution is 2.26. The van der Waals surface area contributed by atoms with Gasteiger partial charge in [-0.1, -0.05) is 24.6 Å². The molecule has 2 saturated heterocycles. The quantitative estimate of drug-likeness (QED) is 0.818. The van der Waals surface area contributed by atoms with Gasteiger partial charge in [0.2, 0.25) is 15.9 Å². The van der Waals surface area contributed by atoms with Gasteiger partial charge in [-0.25, -0.2) is 8.42 Å². The van der Waals surface area contributed by atoms with Crippen LogP contribution in [0.1, 0.15) is 37.3 Å². The number of aryl methyl sites for hydroxylation is 2. The predicted octanol–water partition coefficient (Wildman–Crippen LogP) is 1.82. The Labute approximate surface area is 162 Å². The monoisotopic (exact) mass is 393 g/mol. The fraction of sp³-hybridized carbons (Fsp3) is 0.650. The van der Waals surface area contributed by atoms with Crippen LogP contribution >= 0.6 is 0 Å². The highest BCUT2D eigenvalue weighted by molar-refractivity contribution is 7.89. The zero-order valence-corrected chi connectivity index (χ0v) is 17.3. The second-order valence-corrected chi connectivity index (χ2v) is 9.94. The van der Waals surface area contributed by atoms with Crippen LogP contribution in [0.2, 0.25) is 0 Å². The molecule has 0 aromatic heterocycles. The maximum absolute atomic E-state index is 13.0. The molecule has 0 aliphatic carbocycles. The van der Waals surface area contributed by atoms with Crippen LogP contribution in [-0.4, -0.2) is 50.9 Å². The highest BCUT2D eigenvalue weighted by Gasteiger charge is 2.34. The number of nitrogens with zero attached hydrogens (tertiary/aromatic N) is 1. The molecule has 0 bridgehead atoms. The number of benzene rings is 1. The van der Waals surface area contributed by atoms with E-state index in [4.69, 9.17) is 0 Å². The molecule has 2 N–H and O–H groups in total. The molecule has 6 nitrogen and oxygen atoms in total. The molecule has 2 unspecified atom stereocenters. The molecule has 0 saturated carbocycles. The molecule has 1 aromatic carbocycles. The lowest BCUT2D eigenvalue weighted by Crippen LogP contribution is -2.51. The minimum Gasteiger partial charge on any atom is -0.353 e. The van der Waals surface area contributed by atoms with Crippen molar-refractivity contribution in [2.24, 2.45) is 11.8 Å². The Hall–Kier alpha value is -1.44. The normalized spacial score (nSPS) is 25.3. The fourth-order valence-corrected chi connectivity index (χ4v) is 5.79. The number of hydrogen-bond acceptors (Lipinski definition) is 4. The van der Waals surface area contributed by atoms with Crippen molar-refractivity contribution in [1.82, 2.24) is 14.9 Å². The number of amides is 1. The standard InChI is InChI=1S/C20H31N3O3S/c1-14-4-5-19(15(2)12-14)27(25,26)23-10-7-17(8-11-23)20(24)22-18-6-9-21-13-16(18)3/h4-5,12,16-18,21H,6-11,13H2,1-3H3,(H,22,24). The molecule has 1 aromatic rings. The third kappa shape index (κ3) is 4.52. The minimum atomic E-state index is -3.50. The molecule has 27 heavy (non-hydrogen) atoms. The van der Waals surface area contributed by atoms with E-state index < -0.39 is 10.0 Å². The van der Waals surface area contributed by atoms with E-state index in [1.807, 2.05) is 26.0 Å². The Bertz CT molecular complexity index is 786. The minimum absolute atomic E-state index is 0.0808. The maximum atomic E-state index is 13.0. The lowest BCUT2D eigenvalue weighted by Gasteiger charge is -2.34. The van der Waals surface area contributed by atoms with Crippen LogP contribution < -0.4 is 10.6 Å². The maximum Gasteiger partial charge on any atom is 0.243 e. The first kappa shape index (κ1) is 20.3. The summed E-state index contributed by atoms with van der Waals surface area (Å²) < 4.78 is 27.5. The van der Waals surface area contributed by atoms with Crippen LogP contribution in [0, 0.1) is 25.7 Å². The van der Waals surface area contributed by atoms with Gasteiger partial charge in [0, 0.05) is 25.0 Å². The number of sulfonamides is 1. The van der Waals surface area contributed by atoms with Gasteiger partial charge in [0.15, 0.2) is 0 Å². The molecule has 150 valence electrons. The molecule has 2 atom stereocenters. The lowest BCUT2D eigenvalue weighted by molar-refractivity contribution is -0.127. The number of carbonyl (C=O) groups excluding carboxylic acids is 1. The third-order valence-electron chi connectivity index (χ3n) is 5.89. The van der Waals surface area contributed by atoms with Gasteiger partial charge in [0.25, 0.3) is 0 Å². The summed E-state index contributed by atoms with van der Waals surface area (Å²) >= 11 is 0. The summed E-state index contributed by atoms with van der Waals surface area (Å²) in [7, 11) is -3.50. The van der Waals surface area contributed by atoms with Crippen LogP contribution in [0.4, 0.5) is 0 Å². The predicted molar refractivity (Wildman–Crippen MR) is 106 cm³/mol.